The summed E-state index contributed by atoms with van der Waals surface area (Å²) in [6, 6.07) is 9.21. The first-order valence-corrected chi connectivity index (χ1v) is 9.28. The van der Waals surface area contributed by atoms with Crippen molar-refractivity contribution < 1.29 is 18.7 Å². The number of para-hydroxylation sites is 1. The number of methoxy groups -OCH3 is 1. The monoisotopic (exact) mass is 376 g/mol. The highest BCUT2D eigenvalue weighted by Crippen LogP contribution is 2.34. The molecular formula is C17H16N2O4S2. The van der Waals surface area contributed by atoms with Crippen molar-refractivity contribution in [2.75, 3.05) is 17.8 Å². The number of hydrogen-bond donors (Lipinski definition) is 0. The number of furan rings is 1. The summed E-state index contributed by atoms with van der Waals surface area (Å²) >= 11 is 2.38. The normalized spacial score (nSPS) is 10.8. The van der Waals surface area contributed by atoms with Crippen molar-refractivity contribution in [3.8, 4) is 5.75 Å². The average Bonchev–Trinajstić information content (AvgIpc) is 3.26. The fraction of sp³-hybridized carbons (Fsp3) is 0.235. The Labute approximate surface area is 152 Å². The number of carbonyl (C=O) groups is 2. The molecule has 0 fully saturated rings. The zero-order valence-corrected chi connectivity index (χ0v) is 15.4. The minimum absolute atomic E-state index is 0.0586. The van der Waals surface area contributed by atoms with E-state index in [1.807, 2.05) is 18.2 Å². The third-order valence-electron chi connectivity index (χ3n) is 3.42. The fourth-order valence-corrected chi connectivity index (χ4v) is 3.74. The molecule has 25 heavy (non-hydrogen) atoms. The van der Waals surface area contributed by atoms with Gasteiger partial charge in [-0.15, -0.1) is 0 Å². The number of thioether (sulfide) groups is 1. The Morgan fingerprint density at radius 2 is 2.16 bits per heavy atom. The molecule has 1 aromatic carbocycles. The molecule has 0 N–H and O–H groups in total. The van der Waals surface area contributed by atoms with Crippen molar-refractivity contribution in [1.82, 2.24) is 4.98 Å². The van der Waals surface area contributed by atoms with Gasteiger partial charge in [0, 0.05) is 6.92 Å². The van der Waals surface area contributed by atoms with Gasteiger partial charge in [0.1, 0.15) is 17.0 Å². The number of carbonyl (C=O) groups excluding carboxylic acids is 2. The minimum atomic E-state index is -0.199. The van der Waals surface area contributed by atoms with Crippen LogP contribution in [0.3, 0.4) is 0 Å². The largest absolute Gasteiger partial charge is 0.494 e. The van der Waals surface area contributed by atoms with Gasteiger partial charge < -0.3 is 9.15 Å². The summed E-state index contributed by atoms with van der Waals surface area (Å²) in [5, 5.41) is 0.447. The Kier molecular flexibility index (Phi) is 5.40. The predicted molar refractivity (Wildman–Crippen MR) is 99.2 cm³/mol. The van der Waals surface area contributed by atoms with Gasteiger partial charge in [0.15, 0.2) is 10.2 Å². The molecular weight excluding hydrogens is 360 g/mol. The zero-order chi connectivity index (χ0) is 17.8. The van der Waals surface area contributed by atoms with E-state index in [-0.39, 0.29) is 23.3 Å². The Morgan fingerprint density at radius 1 is 1.32 bits per heavy atom. The highest BCUT2D eigenvalue weighted by atomic mass is 32.2. The van der Waals surface area contributed by atoms with E-state index in [2.05, 4.69) is 4.98 Å². The highest BCUT2D eigenvalue weighted by molar-refractivity contribution is 8.14. The number of amides is 1. The lowest BCUT2D eigenvalue weighted by atomic mass is 10.3. The molecule has 8 heteroatoms. The van der Waals surface area contributed by atoms with Crippen molar-refractivity contribution in [2.24, 2.45) is 0 Å². The maximum atomic E-state index is 12.7. The van der Waals surface area contributed by atoms with Gasteiger partial charge in [0.05, 0.1) is 30.4 Å². The van der Waals surface area contributed by atoms with E-state index in [0.29, 0.717) is 22.2 Å². The molecule has 0 unspecified atom stereocenters. The molecule has 0 aliphatic heterocycles. The van der Waals surface area contributed by atoms with Gasteiger partial charge in [-0.2, -0.15) is 0 Å². The van der Waals surface area contributed by atoms with Crippen LogP contribution in [0.1, 0.15) is 12.7 Å². The summed E-state index contributed by atoms with van der Waals surface area (Å²) in [6.07, 6.45) is 1.56. The predicted octanol–water partition coefficient (Wildman–Crippen LogP) is 3.71. The van der Waals surface area contributed by atoms with Gasteiger partial charge >= 0.3 is 0 Å². The average molecular weight is 376 g/mol. The maximum absolute atomic E-state index is 12.7. The van der Waals surface area contributed by atoms with Crippen LogP contribution in [0.25, 0.3) is 10.2 Å². The van der Waals surface area contributed by atoms with Gasteiger partial charge in [-0.05, 0) is 24.3 Å². The first-order chi connectivity index (χ1) is 12.1. The number of rotatable bonds is 6. The van der Waals surface area contributed by atoms with Crippen LogP contribution in [0.2, 0.25) is 0 Å². The standard InChI is InChI=1S/C17H16N2O4S2/c1-11(20)24-10-15(21)19(9-12-5-4-8-23-12)17-18-16-13(22-2)6-3-7-14(16)25-17/h3-8H,9-10H2,1-2H3. The molecule has 2 aromatic heterocycles. The second-order valence-corrected chi connectivity index (χ2v) is 7.30. The Bertz CT molecular complexity index is 889. The van der Waals surface area contributed by atoms with Gasteiger partial charge in [0.2, 0.25) is 5.91 Å². The summed E-state index contributed by atoms with van der Waals surface area (Å²) in [7, 11) is 1.59. The molecule has 0 atom stereocenters. The molecule has 3 aromatic rings. The van der Waals surface area contributed by atoms with Crippen molar-refractivity contribution in [3.05, 3.63) is 42.4 Å². The second kappa shape index (κ2) is 7.71. The minimum Gasteiger partial charge on any atom is -0.494 e. The van der Waals surface area contributed by atoms with Crippen LogP contribution >= 0.6 is 23.1 Å². The molecule has 2 heterocycles. The number of thiazole rings is 1. The van der Waals surface area contributed by atoms with Crippen molar-refractivity contribution in [2.45, 2.75) is 13.5 Å². The van der Waals surface area contributed by atoms with E-state index in [9.17, 15) is 9.59 Å². The number of nitrogens with zero attached hydrogens (tertiary/aromatic N) is 2. The van der Waals surface area contributed by atoms with Crippen LogP contribution in [-0.2, 0) is 16.1 Å². The SMILES string of the molecule is COc1cccc2sc(N(Cc3ccco3)C(=O)CSC(C)=O)nc12. The number of ether oxygens (including phenoxy) is 1. The van der Waals surface area contributed by atoms with E-state index in [1.54, 1.807) is 30.4 Å². The molecule has 6 nitrogen and oxygen atoms in total. The zero-order valence-electron chi connectivity index (χ0n) is 13.7. The van der Waals surface area contributed by atoms with Crippen LogP contribution in [0.15, 0.2) is 41.0 Å². The summed E-state index contributed by atoms with van der Waals surface area (Å²) in [5.41, 5.74) is 0.710. The number of anilines is 1. The molecule has 0 aliphatic rings. The van der Waals surface area contributed by atoms with Crippen molar-refractivity contribution in [1.29, 1.82) is 0 Å². The van der Waals surface area contributed by atoms with Crippen molar-refractivity contribution in [3.63, 3.8) is 0 Å². The lowest BCUT2D eigenvalue weighted by Gasteiger charge is -2.18. The first kappa shape index (κ1) is 17.5. The summed E-state index contributed by atoms with van der Waals surface area (Å²) < 4.78 is 11.6. The lowest BCUT2D eigenvalue weighted by Crippen LogP contribution is -2.32. The maximum Gasteiger partial charge on any atom is 0.239 e. The second-order valence-electron chi connectivity index (χ2n) is 5.14. The van der Waals surface area contributed by atoms with E-state index >= 15 is 0 Å². The third kappa shape index (κ3) is 4.02. The van der Waals surface area contributed by atoms with Gasteiger partial charge in [-0.3, -0.25) is 14.5 Å². The Morgan fingerprint density at radius 3 is 2.84 bits per heavy atom. The number of fused-ring (bicyclic) bond motifs is 1. The van der Waals surface area contributed by atoms with Crippen LogP contribution in [-0.4, -0.2) is 28.9 Å². The topological polar surface area (TPSA) is 72.6 Å². The molecule has 0 aliphatic carbocycles. The van der Waals surface area contributed by atoms with E-state index in [0.717, 1.165) is 16.5 Å². The first-order valence-electron chi connectivity index (χ1n) is 7.48. The van der Waals surface area contributed by atoms with Gasteiger partial charge in [-0.1, -0.05) is 29.2 Å². The van der Waals surface area contributed by atoms with Crippen LogP contribution in [0, 0.1) is 0 Å². The van der Waals surface area contributed by atoms with Crippen LogP contribution in [0.5, 0.6) is 5.75 Å². The van der Waals surface area contributed by atoms with Gasteiger partial charge in [-0.25, -0.2) is 4.98 Å². The van der Waals surface area contributed by atoms with Crippen LogP contribution < -0.4 is 9.64 Å². The summed E-state index contributed by atoms with van der Waals surface area (Å²) in [5.74, 6) is 1.16. The number of benzene rings is 1. The number of hydrogen-bond acceptors (Lipinski definition) is 7. The van der Waals surface area contributed by atoms with E-state index < -0.39 is 0 Å². The lowest BCUT2D eigenvalue weighted by molar-refractivity contribution is -0.116. The highest BCUT2D eigenvalue weighted by Gasteiger charge is 2.22. The summed E-state index contributed by atoms with van der Waals surface area (Å²) in [4.78, 5) is 30.0. The molecule has 0 radical (unpaired) electrons. The molecule has 0 saturated heterocycles. The fourth-order valence-electron chi connectivity index (χ4n) is 2.25. The third-order valence-corrected chi connectivity index (χ3v) is 5.26. The molecule has 0 saturated carbocycles. The van der Waals surface area contributed by atoms with E-state index in [1.165, 1.54) is 18.3 Å². The summed E-state index contributed by atoms with van der Waals surface area (Å²) in [6.45, 7) is 1.70. The molecule has 1 amide bonds. The van der Waals surface area contributed by atoms with Crippen molar-refractivity contribution >= 4 is 49.5 Å². The molecule has 3 rings (SSSR count). The molecule has 0 spiro atoms. The number of aromatic nitrogens is 1. The Hall–Kier alpha value is -2.32. The smallest absolute Gasteiger partial charge is 0.239 e. The van der Waals surface area contributed by atoms with Crippen LogP contribution in [0.4, 0.5) is 5.13 Å². The Balaban J connectivity index is 1.95. The quantitative estimate of drug-likeness (QED) is 0.653. The van der Waals surface area contributed by atoms with Gasteiger partial charge in [0.25, 0.3) is 0 Å². The van der Waals surface area contributed by atoms with E-state index in [4.69, 9.17) is 9.15 Å². The molecule has 130 valence electrons. The molecule has 0 bridgehead atoms.